The van der Waals surface area contributed by atoms with E-state index in [0.717, 1.165) is 16.3 Å². The fourth-order valence-corrected chi connectivity index (χ4v) is 3.69. The normalized spacial score (nSPS) is 12.5. The third kappa shape index (κ3) is 4.94. The minimum absolute atomic E-state index is 0.169. The smallest absolute Gasteiger partial charge is 0.186 e. The lowest BCUT2D eigenvalue weighted by Gasteiger charge is -2.08. The number of rotatable bonds is 6. The van der Waals surface area contributed by atoms with E-state index >= 15 is 0 Å². The van der Waals surface area contributed by atoms with Crippen molar-refractivity contribution in [2.75, 3.05) is 18.8 Å². The summed E-state index contributed by atoms with van der Waals surface area (Å²) >= 11 is 1.20. The highest BCUT2D eigenvalue weighted by atomic mass is 32.2. The average molecular weight is 362 g/mol. The second-order valence-electron chi connectivity index (χ2n) is 4.82. The lowest BCUT2D eigenvalue weighted by molar-refractivity contribution is -0.110. The maximum absolute atomic E-state index is 11.9. The van der Waals surface area contributed by atoms with Crippen molar-refractivity contribution in [2.45, 2.75) is 16.7 Å². The number of nitrogens with zero attached hydrogens (tertiary/aromatic N) is 1. The molecular formula is C17H18N2O3S2. The molecule has 0 fully saturated rings. The minimum atomic E-state index is -1.14. The summed E-state index contributed by atoms with van der Waals surface area (Å²) in [4.78, 5) is 13.3. The van der Waals surface area contributed by atoms with E-state index in [9.17, 15) is 9.00 Å². The van der Waals surface area contributed by atoms with E-state index in [1.165, 1.54) is 18.7 Å². The molecule has 0 spiro atoms. The molecule has 0 aliphatic heterocycles. The number of hydrogen-bond acceptors (Lipinski definition) is 6. The summed E-state index contributed by atoms with van der Waals surface area (Å²) in [6.45, 7) is 1.45. The number of ketones is 1. The number of methoxy groups -OCH3 is 1. The first kappa shape index (κ1) is 18.2. The number of hydrazone groups is 1. The Labute approximate surface area is 148 Å². The number of benzene rings is 2. The van der Waals surface area contributed by atoms with Gasteiger partial charge in [0.1, 0.15) is 5.75 Å². The van der Waals surface area contributed by atoms with Gasteiger partial charge in [0.15, 0.2) is 10.8 Å². The van der Waals surface area contributed by atoms with Crippen molar-refractivity contribution in [3.8, 4) is 5.75 Å². The molecule has 1 unspecified atom stereocenters. The van der Waals surface area contributed by atoms with Crippen LogP contribution < -0.4 is 10.2 Å². The number of carbonyl (C=O) groups is 1. The first-order chi connectivity index (χ1) is 11.5. The van der Waals surface area contributed by atoms with Crippen molar-refractivity contribution in [2.24, 2.45) is 5.10 Å². The molecule has 5 nitrogen and oxygen atoms in total. The fraction of sp³-hybridized carbons (Fsp3) is 0.176. The average Bonchev–Trinajstić information content (AvgIpc) is 2.59. The van der Waals surface area contributed by atoms with Gasteiger partial charge in [-0.2, -0.15) is 5.10 Å². The third-order valence-corrected chi connectivity index (χ3v) is 5.30. The van der Waals surface area contributed by atoms with E-state index in [-0.39, 0.29) is 5.78 Å². The highest BCUT2D eigenvalue weighted by Gasteiger charge is 2.13. The van der Waals surface area contributed by atoms with Gasteiger partial charge in [-0.05, 0) is 36.4 Å². The molecule has 0 saturated heterocycles. The van der Waals surface area contributed by atoms with Crippen LogP contribution in [0.1, 0.15) is 6.92 Å². The molecule has 0 aliphatic carbocycles. The molecule has 0 aromatic heterocycles. The third-order valence-electron chi connectivity index (χ3n) is 3.04. The minimum Gasteiger partial charge on any atom is -0.497 e. The van der Waals surface area contributed by atoms with E-state index < -0.39 is 10.8 Å². The van der Waals surface area contributed by atoms with Crippen LogP contribution in [0.15, 0.2) is 63.4 Å². The first-order valence-corrected chi connectivity index (χ1v) is 9.47. The molecule has 7 heteroatoms. The van der Waals surface area contributed by atoms with Gasteiger partial charge in [-0.1, -0.05) is 23.9 Å². The Kier molecular flexibility index (Phi) is 6.57. The van der Waals surface area contributed by atoms with Crippen LogP contribution in [-0.4, -0.2) is 28.4 Å². The molecule has 1 N–H and O–H groups in total. The highest BCUT2D eigenvalue weighted by Crippen LogP contribution is 2.26. The van der Waals surface area contributed by atoms with E-state index in [2.05, 4.69) is 10.5 Å². The molecule has 0 heterocycles. The zero-order valence-electron chi connectivity index (χ0n) is 13.6. The Bertz CT molecular complexity index is 774. The standard InChI is InChI=1S/C17H18N2O3S2/c1-12(20)17(19-18-13-8-10-14(22-2)11-9-13)23-15-6-4-5-7-16(15)24(3)21/h4-11,18H,1-3H3. The Balaban J connectivity index is 2.20. The summed E-state index contributed by atoms with van der Waals surface area (Å²) < 4.78 is 16.9. The van der Waals surface area contributed by atoms with Gasteiger partial charge in [0.25, 0.3) is 0 Å². The largest absolute Gasteiger partial charge is 0.497 e. The maximum atomic E-state index is 11.9. The molecular weight excluding hydrogens is 344 g/mol. The first-order valence-electron chi connectivity index (χ1n) is 7.10. The number of carbonyl (C=O) groups excluding carboxylic acids is 1. The zero-order chi connectivity index (χ0) is 17.5. The molecule has 2 aromatic carbocycles. The Hall–Kier alpha value is -2.12. The number of anilines is 1. The number of hydrogen-bond donors (Lipinski definition) is 1. The molecule has 2 aromatic rings. The lowest BCUT2D eigenvalue weighted by atomic mass is 10.3. The zero-order valence-corrected chi connectivity index (χ0v) is 15.2. The fourth-order valence-electron chi connectivity index (χ4n) is 1.83. The summed E-state index contributed by atoms with van der Waals surface area (Å²) in [7, 11) is 0.462. The maximum Gasteiger partial charge on any atom is 0.186 e. The predicted molar refractivity (Wildman–Crippen MR) is 99.4 cm³/mol. The van der Waals surface area contributed by atoms with Crippen LogP contribution in [0.4, 0.5) is 5.69 Å². The van der Waals surface area contributed by atoms with Gasteiger partial charge in [-0.25, -0.2) is 0 Å². The van der Waals surface area contributed by atoms with Crippen molar-refractivity contribution < 1.29 is 13.7 Å². The molecule has 0 aliphatic rings. The van der Waals surface area contributed by atoms with Crippen molar-refractivity contribution in [1.29, 1.82) is 0 Å². The summed E-state index contributed by atoms with van der Waals surface area (Å²) in [5.74, 6) is 0.572. The second-order valence-corrected chi connectivity index (χ2v) is 7.20. The number of Topliss-reactive ketones (excluding diaryl/α,β-unsaturated/α-hetero) is 1. The van der Waals surface area contributed by atoms with Crippen LogP contribution in [0.5, 0.6) is 5.75 Å². The molecule has 24 heavy (non-hydrogen) atoms. The quantitative estimate of drug-likeness (QED) is 0.368. The molecule has 1 atom stereocenters. The highest BCUT2D eigenvalue weighted by molar-refractivity contribution is 8.16. The van der Waals surface area contributed by atoms with Crippen LogP contribution in [0, 0.1) is 0 Å². The topological polar surface area (TPSA) is 67.8 Å². The molecule has 0 radical (unpaired) electrons. The Morgan fingerprint density at radius 2 is 1.83 bits per heavy atom. The lowest BCUT2D eigenvalue weighted by Crippen LogP contribution is -2.08. The van der Waals surface area contributed by atoms with Crippen LogP contribution in [-0.2, 0) is 15.6 Å². The predicted octanol–water partition coefficient (Wildman–Crippen LogP) is 3.54. The summed E-state index contributed by atoms with van der Waals surface area (Å²) in [6.07, 6.45) is 1.61. The van der Waals surface area contributed by atoms with Crippen molar-refractivity contribution >= 4 is 39.1 Å². The SMILES string of the molecule is COc1ccc(NN=C(Sc2ccccc2S(C)=O)C(C)=O)cc1. The second kappa shape index (κ2) is 8.65. The van der Waals surface area contributed by atoms with Crippen LogP contribution in [0.3, 0.4) is 0 Å². The Morgan fingerprint density at radius 3 is 2.42 bits per heavy atom. The van der Waals surface area contributed by atoms with Crippen LogP contribution >= 0.6 is 11.8 Å². The van der Waals surface area contributed by atoms with Gasteiger partial charge >= 0.3 is 0 Å². The van der Waals surface area contributed by atoms with Gasteiger partial charge < -0.3 is 4.74 Å². The summed E-state index contributed by atoms with van der Waals surface area (Å²) in [6, 6.07) is 14.5. The monoisotopic (exact) mass is 362 g/mol. The number of nitrogens with one attached hydrogen (secondary N) is 1. The van der Waals surface area contributed by atoms with Crippen LogP contribution in [0.2, 0.25) is 0 Å². The van der Waals surface area contributed by atoms with Crippen LogP contribution in [0.25, 0.3) is 0 Å². The summed E-state index contributed by atoms with van der Waals surface area (Å²) in [5.41, 5.74) is 3.60. The molecule has 0 amide bonds. The van der Waals surface area contributed by atoms with E-state index in [4.69, 9.17) is 4.74 Å². The van der Waals surface area contributed by atoms with E-state index in [0.29, 0.717) is 9.94 Å². The van der Waals surface area contributed by atoms with Gasteiger partial charge in [-0.15, -0.1) is 0 Å². The van der Waals surface area contributed by atoms with Gasteiger partial charge in [0.2, 0.25) is 0 Å². The number of thioether (sulfide) groups is 1. The van der Waals surface area contributed by atoms with Gasteiger partial charge in [-0.3, -0.25) is 14.4 Å². The van der Waals surface area contributed by atoms with Gasteiger partial charge in [0, 0.05) is 18.1 Å². The van der Waals surface area contributed by atoms with Crippen molar-refractivity contribution in [3.63, 3.8) is 0 Å². The van der Waals surface area contributed by atoms with Gasteiger partial charge in [0.05, 0.1) is 28.5 Å². The number of ether oxygens (including phenoxy) is 1. The summed E-state index contributed by atoms with van der Waals surface area (Å²) in [5, 5.41) is 4.48. The molecule has 2 rings (SSSR count). The molecule has 0 bridgehead atoms. The van der Waals surface area contributed by atoms with Crippen molar-refractivity contribution in [1.82, 2.24) is 0 Å². The molecule has 0 saturated carbocycles. The van der Waals surface area contributed by atoms with E-state index in [1.807, 2.05) is 18.2 Å². The van der Waals surface area contributed by atoms with Crippen molar-refractivity contribution in [3.05, 3.63) is 48.5 Å². The Morgan fingerprint density at radius 1 is 1.17 bits per heavy atom. The molecule has 126 valence electrons. The van der Waals surface area contributed by atoms with E-state index in [1.54, 1.807) is 43.7 Å².